The zero-order valence-electron chi connectivity index (χ0n) is 36.1. The van der Waals surface area contributed by atoms with Crippen LogP contribution in [0.5, 0.6) is 11.5 Å². The molecule has 4 atom stereocenters. The number of carboxylic acids is 2. The van der Waals surface area contributed by atoms with Crippen LogP contribution >= 0.6 is 0 Å². The predicted octanol–water partition coefficient (Wildman–Crippen LogP) is 8.15. The average Bonchev–Trinajstić information content (AvgIpc) is 3.03. The molecule has 1 aliphatic rings. The number of esters is 2. The van der Waals surface area contributed by atoms with Crippen LogP contribution in [-0.2, 0) is 67.1 Å². The van der Waals surface area contributed by atoms with Crippen LogP contribution in [0.2, 0.25) is 0 Å². The van der Waals surface area contributed by atoms with E-state index >= 15 is 0 Å². The van der Waals surface area contributed by atoms with E-state index in [0.29, 0.717) is 11.5 Å². The number of phenolic OH excluding ortho intramolecular Hbond substituents is 2. The van der Waals surface area contributed by atoms with Gasteiger partial charge in [-0.15, -0.1) is 0 Å². The van der Waals surface area contributed by atoms with E-state index < -0.39 is 36.1 Å². The second kappa shape index (κ2) is 20.0. The minimum atomic E-state index is -2.07. The Hall–Kier alpha value is -4.23. The number of rotatable bonds is 9. The van der Waals surface area contributed by atoms with Crippen LogP contribution in [0.25, 0.3) is 0 Å². The topological polar surface area (TPSA) is 192 Å². The van der Waals surface area contributed by atoms with Gasteiger partial charge in [0.25, 0.3) is 0 Å². The van der Waals surface area contributed by atoms with E-state index in [1.807, 2.05) is 12.4 Å². The van der Waals surface area contributed by atoms with Gasteiger partial charge in [-0.1, -0.05) is 108 Å². The maximum Gasteiger partial charge on any atom is 0.349 e. The molecule has 13 heteroatoms. The Balaban J connectivity index is 0.000000808. The van der Waals surface area contributed by atoms with Crippen LogP contribution in [0, 0.1) is 0 Å². The first-order valence-electron chi connectivity index (χ1n) is 19.1. The molecule has 0 spiro atoms. The largest absolute Gasteiger partial charge is 0.507 e. The van der Waals surface area contributed by atoms with Gasteiger partial charge >= 0.3 is 23.9 Å². The van der Waals surface area contributed by atoms with E-state index in [1.54, 1.807) is 0 Å². The fourth-order valence-electron chi connectivity index (χ4n) is 6.15. The van der Waals surface area contributed by atoms with Gasteiger partial charge in [0.15, 0.2) is 0 Å². The molecule has 0 saturated heterocycles. The Kier molecular flexibility index (Phi) is 17.8. The molecule has 12 nitrogen and oxygen atoms in total. The van der Waals surface area contributed by atoms with Crippen molar-refractivity contribution in [2.24, 2.45) is 9.98 Å². The molecule has 319 valence electrons. The summed E-state index contributed by atoms with van der Waals surface area (Å²) in [5.74, 6) is -4.79. The second-order valence-electron chi connectivity index (χ2n) is 18.6. The number of hydrogen-bond acceptors (Lipinski definition) is 10. The zero-order valence-corrected chi connectivity index (χ0v) is 37.1. The molecule has 1 aliphatic carbocycles. The third-order valence-electron chi connectivity index (χ3n) is 9.48. The average molecular weight is 840 g/mol. The van der Waals surface area contributed by atoms with Crippen molar-refractivity contribution in [3.8, 4) is 11.5 Å². The molecule has 0 aromatic heterocycles. The predicted molar refractivity (Wildman–Crippen MR) is 219 cm³/mol. The van der Waals surface area contributed by atoms with Gasteiger partial charge in [-0.2, -0.15) is 0 Å². The number of phenols is 2. The number of benzene rings is 2. The molecule has 0 aliphatic heterocycles. The van der Waals surface area contributed by atoms with Gasteiger partial charge in [-0.05, 0) is 57.8 Å². The monoisotopic (exact) mass is 839 g/mol. The van der Waals surface area contributed by atoms with E-state index in [9.17, 15) is 29.4 Å². The molecule has 0 heterocycles. The second-order valence-corrected chi connectivity index (χ2v) is 18.6. The number of aliphatic imine (C=N–C) groups is 2. The third-order valence-corrected chi connectivity index (χ3v) is 9.48. The normalized spacial score (nSPS) is 17.5. The quantitative estimate of drug-likeness (QED) is 0.142. The van der Waals surface area contributed by atoms with Crippen LogP contribution in [0.15, 0.2) is 34.3 Å². The van der Waals surface area contributed by atoms with Gasteiger partial charge < -0.3 is 29.9 Å². The molecule has 1 saturated carbocycles. The maximum absolute atomic E-state index is 11.2. The fourth-order valence-corrected chi connectivity index (χ4v) is 6.15. The van der Waals surface area contributed by atoms with Gasteiger partial charge in [-0.25, -0.2) is 9.59 Å². The number of aromatic hydroxyl groups is 2. The molecule has 0 bridgehead atoms. The first-order chi connectivity index (χ1) is 25.4. The van der Waals surface area contributed by atoms with E-state index in [1.165, 1.54) is 11.1 Å². The van der Waals surface area contributed by atoms with Gasteiger partial charge in [0, 0.05) is 65.3 Å². The minimum absolute atomic E-state index is 0. The van der Waals surface area contributed by atoms with E-state index in [2.05, 4.69) is 117 Å². The summed E-state index contributed by atoms with van der Waals surface area (Å²) in [5.41, 5.74) is 5.39. The van der Waals surface area contributed by atoms with Crippen molar-refractivity contribution in [2.45, 2.75) is 169 Å². The summed E-state index contributed by atoms with van der Waals surface area (Å²) in [5, 5.41) is 39.7. The zero-order chi connectivity index (χ0) is 43.1. The van der Waals surface area contributed by atoms with E-state index in [4.69, 9.17) is 20.2 Å². The molecule has 4 N–H and O–H groups in total. The molecule has 3 rings (SSSR count). The van der Waals surface area contributed by atoms with Gasteiger partial charge in [0.1, 0.15) is 11.5 Å². The van der Waals surface area contributed by atoms with E-state index in [0.717, 1.165) is 61.8 Å². The molecular formula is C44H64CoN2O10. The summed E-state index contributed by atoms with van der Waals surface area (Å²) in [6.07, 6.45) is 3.76. The summed E-state index contributed by atoms with van der Waals surface area (Å²) in [6, 6.07) is 8.53. The van der Waals surface area contributed by atoms with Crippen molar-refractivity contribution >= 4 is 36.3 Å². The van der Waals surface area contributed by atoms with Gasteiger partial charge in [-0.3, -0.25) is 19.6 Å². The summed E-state index contributed by atoms with van der Waals surface area (Å²) in [4.78, 5) is 52.4. The molecule has 2 aromatic rings. The van der Waals surface area contributed by atoms with Crippen LogP contribution in [-0.4, -0.2) is 81.0 Å². The van der Waals surface area contributed by atoms with Crippen molar-refractivity contribution < 1.29 is 65.9 Å². The Morgan fingerprint density at radius 3 is 1.12 bits per heavy atom. The van der Waals surface area contributed by atoms with Crippen molar-refractivity contribution in [1.29, 1.82) is 0 Å². The summed E-state index contributed by atoms with van der Waals surface area (Å²) in [6.45, 7) is 27.8. The first kappa shape index (κ1) is 50.8. The Morgan fingerprint density at radius 2 is 0.895 bits per heavy atom. The van der Waals surface area contributed by atoms with Gasteiger partial charge in [0.2, 0.25) is 12.2 Å². The molecule has 57 heavy (non-hydrogen) atoms. The maximum atomic E-state index is 11.2. The standard InChI is InChI=1S/C36H54N2O2.C8H10O8.Co/c1-33(2,3)25-17-23(31(39)27(19-25)35(7,8)9)21-37-29-15-13-14-16-30(29)38-22-24-18-26(34(4,5)6)20-28(32(24)40)36(10,11)12;1-3(9)15-5(7(11)12)6(8(13)14)16-4(2)10;/h17-22,29-30,39-40H,13-16H2,1-12H3;5-6H,1-2H3,(H,11,12)(H,13,14);/t29-,30-;5-,6-;/m10./s1. The molecule has 0 unspecified atom stereocenters. The third kappa shape index (κ3) is 14.9. The Morgan fingerprint density at radius 1 is 0.596 bits per heavy atom. The summed E-state index contributed by atoms with van der Waals surface area (Å²) >= 11 is 0. The molecule has 1 fully saturated rings. The van der Waals surface area contributed by atoms with Crippen LogP contribution in [0.1, 0.15) is 156 Å². The summed E-state index contributed by atoms with van der Waals surface area (Å²) < 4.78 is 8.48. The number of carbonyl (C=O) groups excluding carboxylic acids is 2. The van der Waals surface area contributed by atoms with Crippen LogP contribution in [0.4, 0.5) is 0 Å². The molecule has 0 amide bonds. The number of hydrogen-bond donors (Lipinski definition) is 4. The van der Waals surface area contributed by atoms with Gasteiger partial charge in [0.05, 0.1) is 12.1 Å². The van der Waals surface area contributed by atoms with Crippen molar-refractivity contribution in [2.75, 3.05) is 0 Å². The minimum Gasteiger partial charge on any atom is -0.507 e. The number of nitrogens with zero attached hydrogens (tertiary/aromatic N) is 2. The molecule has 2 aromatic carbocycles. The molecular weight excluding hydrogens is 775 g/mol. The van der Waals surface area contributed by atoms with Crippen molar-refractivity contribution in [1.82, 2.24) is 0 Å². The fraction of sp³-hybridized carbons (Fsp3) is 0.591. The Labute approximate surface area is 348 Å². The number of ether oxygens (including phenoxy) is 2. The van der Waals surface area contributed by atoms with Crippen LogP contribution in [0.3, 0.4) is 0 Å². The smallest absolute Gasteiger partial charge is 0.349 e. The summed E-state index contributed by atoms with van der Waals surface area (Å²) in [7, 11) is 0. The van der Waals surface area contributed by atoms with E-state index in [-0.39, 0.29) is 50.5 Å². The first-order valence-corrected chi connectivity index (χ1v) is 19.1. The number of carboxylic acid groups (broad SMARTS) is 2. The SMILES string of the molecule is CC(=O)O[C@H](C(=O)O)[C@H](OC(C)=O)C(=O)O.CC(C)(C)c1cc(C=N[C@@H]2CCCC[C@H]2N=Cc2cc(C(C)(C)C)cc(C(C)(C)C)c2O)c(O)c(C(C)(C)C)c1.[Co]. The van der Waals surface area contributed by atoms with Crippen LogP contribution < -0.4 is 0 Å². The number of aliphatic carboxylic acids is 2. The number of carbonyl (C=O) groups is 4. The molecule has 1 radical (unpaired) electrons. The van der Waals surface area contributed by atoms with Crippen molar-refractivity contribution in [3.63, 3.8) is 0 Å². The Bertz CT molecular complexity index is 1680. The van der Waals surface area contributed by atoms with Crippen molar-refractivity contribution in [3.05, 3.63) is 57.6 Å².